The summed E-state index contributed by atoms with van der Waals surface area (Å²) in [6.45, 7) is 6.00. The highest BCUT2D eigenvalue weighted by Crippen LogP contribution is 2.30. The smallest absolute Gasteiger partial charge is 0.165 e. The summed E-state index contributed by atoms with van der Waals surface area (Å²) in [6.07, 6.45) is 1.13. The highest BCUT2D eigenvalue weighted by Gasteiger charge is 2.08. The van der Waals surface area contributed by atoms with E-state index in [0.717, 1.165) is 49.7 Å². The summed E-state index contributed by atoms with van der Waals surface area (Å²) in [5.74, 6) is 1.60. The lowest BCUT2D eigenvalue weighted by Gasteiger charge is -2.13. The molecular formula is C14H26Cl2N2O2. The highest BCUT2D eigenvalue weighted by atomic mass is 35.5. The summed E-state index contributed by atoms with van der Waals surface area (Å²) >= 11 is 0. The van der Waals surface area contributed by atoms with Crippen LogP contribution in [-0.2, 0) is 6.54 Å². The summed E-state index contributed by atoms with van der Waals surface area (Å²) in [7, 11) is 3.33. The van der Waals surface area contributed by atoms with Crippen LogP contribution in [0.2, 0.25) is 0 Å². The first-order valence-electron chi connectivity index (χ1n) is 6.44. The molecule has 0 aliphatic heterocycles. The summed E-state index contributed by atoms with van der Waals surface area (Å²) in [6, 6.07) is 5.95. The van der Waals surface area contributed by atoms with Crippen LogP contribution in [0.15, 0.2) is 18.2 Å². The number of nitrogens with one attached hydrogen (secondary N) is 2. The largest absolute Gasteiger partial charge is 0.493 e. The molecule has 0 aliphatic carbocycles. The SMILES string of the molecule is CCNCCCNCc1cccc(OC)c1OC.Cl.Cl. The van der Waals surface area contributed by atoms with Crippen LogP contribution < -0.4 is 20.1 Å². The minimum atomic E-state index is 0. The van der Waals surface area contributed by atoms with Gasteiger partial charge in [0.05, 0.1) is 14.2 Å². The zero-order chi connectivity index (χ0) is 13.2. The van der Waals surface area contributed by atoms with Crippen LogP contribution in [-0.4, -0.2) is 33.9 Å². The van der Waals surface area contributed by atoms with Crippen molar-refractivity contribution < 1.29 is 9.47 Å². The van der Waals surface area contributed by atoms with Gasteiger partial charge in [-0.2, -0.15) is 0 Å². The number of methoxy groups -OCH3 is 2. The minimum absolute atomic E-state index is 0. The lowest BCUT2D eigenvalue weighted by Crippen LogP contribution is -2.21. The van der Waals surface area contributed by atoms with Gasteiger partial charge in [-0.3, -0.25) is 0 Å². The van der Waals surface area contributed by atoms with Crippen LogP contribution in [0.25, 0.3) is 0 Å². The Hall–Kier alpha value is -0.680. The van der Waals surface area contributed by atoms with E-state index in [1.165, 1.54) is 0 Å². The second kappa shape index (κ2) is 13.3. The van der Waals surface area contributed by atoms with E-state index in [4.69, 9.17) is 9.47 Å². The van der Waals surface area contributed by atoms with Crippen LogP contribution in [0.1, 0.15) is 18.9 Å². The van der Waals surface area contributed by atoms with Gasteiger partial charge in [0.15, 0.2) is 11.5 Å². The number of hydrogen-bond donors (Lipinski definition) is 2. The number of para-hydroxylation sites is 1. The van der Waals surface area contributed by atoms with Crippen LogP contribution in [0.4, 0.5) is 0 Å². The predicted octanol–water partition coefficient (Wildman–Crippen LogP) is 2.64. The van der Waals surface area contributed by atoms with Crippen LogP contribution in [0.5, 0.6) is 11.5 Å². The molecule has 0 fully saturated rings. The maximum atomic E-state index is 5.39. The van der Waals surface area contributed by atoms with Crippen molar-refractivity contribution in [3.05, 3.63) is 23.8 Å². The molecule has 1 rings (SSSR count). The number of hydrogen-bond acceptors (Lipinski definition) is 4. The molecule has 2 N–H and O–H groups in total. The predicted molar refractivity (Wildman–Crippen MR) is 88.9 cm³/mol. The Labute approximate surface area is 134 Å². The van der Waals surface area contributed by atoms with Gasteiger partial charge in [-0.15, -0.1) is 24.8 Å². The molecule has 1 aromatic carbocycles. The van der Waals surface area contributed by atoms with E-state index in [1.807, 2.05) is 12.1 Å². The first-order chi connectivity index (χ1) is 8.83. The Morgan fingerprint density at radius 3 is 2.30 bits per heavy atom. The van der Waals surface area contributed by atoms with Crippen molar-refractivity contribution in [1.29, 1.82) is 0 Å². The van der Waals surface area contributed by atoms with Gasteiger partial charge < -0.3 is 20.1 Å². The molecule has 20 heavy (non-hydrogen) atoms. The van der Waals surface area contributed by atoms with Gasteiger partial charge in [-0.05, 0) is 32.1 Å². The quantitative estimate of drug-likeness (QED) is 0.685. The minimum Gasteiger partial charge on any atom is -0.493 e. The summed E-state index contributed by atoms with van der Waals surface area (Å²) < 4.78 is 10.7. The highest BCUT2D eigenvalue weighted by molar-refractivity contribution is 5.85. The monoisotopic (exact) mass is 324 g/mol. The molecule has 0 spiro atoms. The fourth-order valence-corrected chi connectivity index (χ4v) is 1.83. The molecule has 0 aromatic heterocycles. The van der Waals surface area contributed by atoms with Crippen LogP contribution in [0, 0.1) is 0 Å². The summed E-state index contributed by atoms with van der Waals surface area (Å²) in [5, 5.41) is 6.71. The Morgan fingerprint density at radius 1 is 1.00 bits per heavy atom. The maximum Gasteiger partial charge on any atom is 0.165 e. The van der Waals surface area contributed by atoms with Gasteiger partial charge in [0, 0.05) is 12.1 Å². The van der Waals surface area contributed by atoms with E-state index in [-0.39, 0.29) is 24.8 Å². The van der Waals surface area contributed by atoms with Gasteiger partial charge in [-0.1, -0.05) is 19.1 Å². The molecule has 0 heterocycles. The molecule has 0 saturated heterocycles. The Morgan fingerprint density at radius 2 is 1.70 bits per heavy atom. The first-order valence-corrected chi connectivity index (χ1v) is 6.44. The third kappa shape index (κ3) is 7.20. The molecule has 0 saturated carbocycles. The van der Waals surface area contributed by atoms with Crippen molar-refractivity contribution in [2.45, 2.75) is 19.9 Å². The van der Waals surface area contributed by atoms with E-state index in [1.54, 1.807) is 14.2 Å². The average molecular weight is 325 g/mol. The molecular weight excluding hydrogens is 299 g/mol. The van der Waals surface area contributed by atoms with Gasteiger partial charge in [-0.25, -0.2) is 0 Å². The van der Waals surface area contributed by atoms with E-state index < -0.39 is 0 Å². The van der Waals surface area contributed by atoms with E-state index >= 15 is 0 Å². The van der Waals surface area contributed by atoms with Crippen molar-refractivity contribution >= 4 is 24.8 Å². The molecule has 118 valence electrons. The molecule has 0 amide bonds. The number of ether oxygens (including phenoxy) is 2. The molecule has 4 nitrogen and oxygen atoms in total. The van der Waals surface area contributed by atoms with Gasteiger partial charge in [0.2, 0.25) is 0 Å². The standard InChI is InChI=1S/C14H24N2O2.2ClH/c1-4-15-9-6-10-16-11-12-7-5-8-13(17-2)14(12)18-3;;/h5,7-8,15-16H,4,6,9-11H2,1-3H3;2*1H. The molecule has 0 aliphatic rings. The molecule has 0 unspecified atom stereocenters. The molecule has 0 radical (unpaired) electrons. The van der Waals surface area contributed by atoms with E-state index in [0.29, 0.717) is 0 Å². The lowest BCUT2D eigenvalue weighted by atomic mass is 10.2. The fraction of sp³-hybridized carbons (Fsp3) is 0.571. The van der Waals surface area contributed by atoms with Gasteiger partial charge >= 0.3 is 0 Å². The molecule has 1 aromatic rings. The molecule has 0 bridgehead atoms. The van der Waals surface area contributed by atoms with E-state index in [9.17, 15) is 0 Å². The number of halogens is 2. The Balaban J connectivity index is 0. The zero-order valence-electron chi connectivity index (χ0n) is 12.4. The second-order valence-corrected chi connectivity index (χ2v) is 4.04. The first kappa shape index (κ1) is 21.6. The lowest BCUT2D eigenvalue weighted by molar-refractivity contribution is 0.350. The van der Waals surface area contributed by atoms with Crippen molar-refractivity contribution in [2.75, 3.05) is 33.9 Å². The van der Waals surface area contributed by atoms with Gasteiger partial charge in [0.1, 0.15) is 0 Å². The van der Waals surface area contributed by atoms with Gasteiger partial charge in [0.25, 0.3) is 0 Å². The van der Waals surface area contributed by atoms with Crippen molar-refractivity contribution in [1.82, 2.24) is 10.6 Å². The third-order valence-corrected chi connectivity index (χ3v) is 2.76. The average Bonchev–Trinajstić information content (AvgIpc) is 2.42. The topological polar surface area (TPSA) is 42.5 Å². The Bertz CT molecular complexity index is 352. The Kier molecular flexibility index (Phi) is 14.4. The number of rotatable bonds is 9. The van der Waals surface area contributed by atoms with Crippen LogP contribution >= 0.6 is 24.8 Å². The normalized spacial score (nSPS) is 9.35. The van der Waals surface area contributed by atoms with Crippen LogP contribution in [0.3, 0.4) is 0 Å². The maximum absolute atomic E-state index is 5.39. The van der Waals surface area contributed by atoms with Crippen molar-refractivity contribution in [3.63, 3.8) is 0 Å². The van der Waals surface area contributed by atoms with Crippen molar-refractivity contribution in [2.24, 2.45) is 0 Å². The third-order valence-electron chi connectivity index (χ3n) is 2.76. The fourth-order valence-electron chi connectivity index (χ4n) is 1.83. The summed E-state index contributed by atoms with van der Waals surface area (Å²) in [5.41, 5.74) is 1.13. The molecule has 0 atom stereocenters. The zero-order valence-corrected chi connectivity index (χ0v) is 14.0. The molecule has 6 heteroatoms. The van der Waals surface area contributed by atoms with Crippen molar-refractivity contribution in [3.8, 4) is 11.5 Å². The second-order valence-electron chi connectivity index (χ2n) is 4.04. The van der Waals surface area contributed by atoms with E-state index in [2.05, 4.69) is 23.6 Å². The summed E-state index contributed by atoms with van der Waals surface area (Å²) in [4.78, 5) is 0. The number of benzene rings is 1.